The lowest BCUT2D eigenvalue weighted by atomic mass is 10.5. The summed E-state index contributed by atoms with van der Waals surface area (Å²) in [4.78, 5) is 18.0. The Morgan fingerprint density at radius 2 is 2.17 bits per heavy atom. The van der Waals surface area contributed by atoms with Gasteiger partial charge in [-0.15, -0.1) is 4.91 Å². The molecule has 0 aliphatic carbocycles. The molecule has 0 aliphatic rings. The molecule has 0 saturated heterocycles. The van der Waals surface area contributed by atoms with E-state index in [1.165, 1.54) is 6.20 Å². The van der Waals surface area contributed by atoms with E-state index < -0.39 is 0 Å². The third-order valence-electron chi connectivity index (χ3n) is 1.33. The molecule has 0 saturated carbocycles. The van der Waals surface area contributed by atoms with Crippen LogP contribution in [0.4, 0.5) is 17.5 Å². The first kappa shape index (κ1) is 8.38. The van der Waals surface area contributed by atoms with Gasteiger partial charge in [0.05, 0.1) is 6.20 Å². The second-order valence-corrected chi connectivity index (χ2v) is 2.02. The topological polar surface area (TPSA) is 79.3 Å². The SMILES string of the molecule is CNc1ncc(N=O)c(NC)n1. The number of nitrogens with one attached hydrogen (secondary N) is 2. The summed E-state index contributed by atoms with van der Waals surface area (Å²) < 4.78 is 0. The Morgan fingerprint density at radius 1 is 1.42 bits per heavy atom. The maximum Gasteiger partial charge on any atom is 0.224 e. The van der Waals surface area contributed by atoms with Gasteiger partial charge in [-0.3, -0.25) is 0 Å². The molecule has 6 nitrogen and oxygen atoms in total. The molecule has 0 aliphatic heterocycles. The Morgan fingerprint density at radius 3 is 2.67 bits per heavy atom. The number of nitrogens with zero attached hydrogens (tertiary/aromatic N) is 3. The quantitative estimate of drug-likeness (QED) is 0.655. The lowest BCUT2D eigenvalue weighted by molar-refractivity contribution is 1.14. The molecule has 0 fully saturated rings. The number of hydrogen-bond donors (Lipinski definition) is 2. The van der Waals surface area contributed by atoms with Crippen LogP contribution < -0.4 is 10.6 Å². The lowest BCUT2D eigenvalue weighted by Gasteiger charge is -2.02. The molecular weight excluding hydrogens is 158 g/mol. The van der Waals surface area contributed by atoms with Crippen LogP contribution in [0, 0.1) is 4.91 Å². The van der Waals surface area contributed by atoms with Gasteiger partial charge in [0, 0.05) is 14.1 Å². The summed E-state index contributed by atoms with van der Waals surface area (Å²) in [6, 6.07) is 0. The van der Waals surface area contributed by atoms with Gasteiger partial charge in [-0.1, -0.05) is 0 Å². The third kappa shape index (κ3) is 1.47. The van der Waals surface area contributed by atoms with E-state index >= 15 is 0 Å². The minimum atomic E-state index is 0.205. The summed E-state index contributed by atoms with van der Waals surface area (Å²) in [5.74, 6) is 0.871. The average molecular weight is 167 g/mol. The summed E-state index contributed by atoms with van der Waals surface area (Å²) in [6.07, 6.45) is 1.36. The van der Waals surface area contributed by atoms with Crippen molar-refractivity contribution >= 4 is 17.5 Å². The van der Waals surface area contributed by atoms with E-state index in [-0.39, 0.29) is 5.69 Å². The number of aromatic nitrogens is 2. The summed E-state index contributed by atoms with van der Waals surface area (Å²) in [5, 5.41) is 8.23. The van der Waals surface area contributed by atoms with Crippen LogP contribution in [0.5, 0.6) is 0 Å². The molecule has 6 heteroatoms. The van der Waals surface area contributed by atoms with Gasteiger partial charge in [-0.25, -0.2) is 4.98 Å². The maximum atomic E-state index is 10.2. The van der Waals surface area contributed by atoms with E-state index in [1.54, 1.807) is 14.1 Å². The van der Waals surface area contributed by atoms with Gasteiger partial charge in [0.2, 0.25) is 5.95 Å². The van der Waals surface area contributed by atoms with Crippen LogP contribution >= 0.6 is 0 Å². The maximum absolute atomic E-state index is 10.2. The summed E-state index contributed by atoms with van der Waals surface area (Å²) in [5.41, 5.74) is 0.205. The molecule has 0 aromatic carbocycles. The zero-order chi connectivity index (χ0) is 8.97. The molecular formula is C6H9N5O. The fourth-order valence-electron chi connectivity index (χ4n) is 0.747. The van der Waals surface area contributed by atoms with E-state index in [0.717, 1.165) is 0 Å². The van der Waals surface area contributed by atoms with Gasteiger partial charge in [0.25, 0.3) is 0 Å². The lowest BCUT2D eigenvalue weighted by Crippen LogP contribution is -1.99. The van der Waals surface area contributed by atoms with E-state index in [2.05, 4.69) is 25.8 Å². The van der Waals surface area contributed by atoms with Crippen molar-refractivity contribution in [2.45, 2.75) is 0 Å². The van der Waals surface area contributed by atoms with Crippen LogP contribution in [0.25, 0.3) is 0 Å². The molecule has 12 heavy (non-hydrogen) atoms. The largest absolute Gasteiger partial charge is 0.371 e. The van der Waals surface area contributed by atoms with Crippen molar-refractivity contribution in [2.24, 2.45) is 5.18 Å². The third-order valence-corrected chi connectivity index (χ3v) is 1.33. The van der Waals surface area contributed by atoms with Crippen molar-refractivity contribution in [3.8, 4) is 0 Å². The van der Waals surface area contributed by atoms with E-state index in [1.807, 2.05) is 0 Å². The molecule has 0 radical (unpaired) electrons. The summed E-state index contributed by atoms with van der Waals surface area (Å²) in [7, 11) is 3.36. The molecule has 0 atom stereocenters. The smallest absolute Gasteiger partial charge is 0.224 e. The van der Waals surface area contributed by atoms with Crippen LogP contribution in [0.15, 0.2) is 11.4 Å². The minimum Gasteiger partial charge on any atom is -0.371 e. The highest BCUT2D eigenvalue weighted by Crippen LogP contribution is 2.21. The van der Waals surface area contributed by atoms with Crippen LogP contribution in [0.1, 0.15) is 0 Å². The Hall–Kier alpha value is -1.72. The highest BCUT2D eigenvalue weighted by atomic mass is 16.3. The minimum absolute atomic E-state index is 0.205. The van der Waals surface area contributed by atoms with E-state index in [4.69, 9.17) is 0 Å². The standard InChI is InChI=1S/C6H9N5O/c1-7-5-4(11-12)3-9-6(8-2)10-5/h3H,1-2H3,(H2,7,8,9,10). The Balaban J connectivity index is 3.10. The number of hydrogen-bond acceptors (Lipinski definition) is 6. The molecule has 0 bridgehead atoms. The molecule has 2 N–H and O–H groups in total. The van der Waals surface area contributed by atoms with Crippen molar-refractivity contribution in [3.63, 3.8) is 0 Å². The zero-order valence-corrected chi connectivity index (χ0v) is 6.83. The van der Waals surface area contributed by atoms with Crippen molar-refractivity contribution in [1.82, 2.24) is 9.97 Å². The van der Waals surface area contributed by atoms with Crippen LogP contribution in [-0.2, 0) is 0 Å². The van der Waals surface area contributed by atoms with Crippen molar-refractivity contribution < 1.29 is 0 Å². The predicted octanol–water partition coefficient (Wildman–Crippen LogP) is 0.958. The summed E-state index contributed by atoms with van der Waals surface area (Å²) >= 11 is 0. The van der Waals surface area contributed by atoms with Gasteiger partial charge in [0.15, 0.2) is 11.5 Å². The molecule has 1 aromatic heterocycles. The molecule has 0 unspecified atom stereocenters. The highest BCUT2D eigenvalue weighted by molar-refractivity contribution is 5.60. The van der Waals surface area contributed by atoms with Gasteiger partial charge in [0.1, 0.15) is 0 Å². The van der Waals surface area contributed by atoms with Crippen LogP contribution in [0.2, 0.25) is 0 Å². The first-order chi connectivity index (χ1) is 5.81. The zero-order valence-electron chi connectivity index (χ0n) is 6.83. The predicted molar refractivity (Wildman–Crippen MR) is 46.6 cm³/mol. The Bertz CT molecular complexity index is 287. The van der Waals surface area contributed by atoms with Crippen molar-refractivity contribution in [2.75, 3.05) is 24.7 Å². The first-order valence-corrected chi connectivity index (χ1v) is 3.37. The molecule has 64 valence electrons. The van der Waals surface area contributed by atoms with Crippen LogP contribution in [0.3, 0.4) is 0 Å². The molecule has 1 aromatic rings. The van der Waals surface area contributed by atoms with Gasteiger partial charge in [-0.2, -0.15) is 4.98 Å². The van der Waals surface area contributed by atoms with Gasteiger partial charge >= 0.3 is 0 Å². The van der Waals surface area contributed by atoms with Crippen molar-refractivity contribution in [3.05, 3.63) is 11.1 Å². The normalized spacial score (nSPS) is 9.17. The van der Waals surface area contributed by atoms with Gasteiger partial charge in [-0.05, 0) is 5.18 Å². The summed E-state index contributed by atoms with van der Waals surface area (Å²) in [6.45, 7) is 0. The average Bonchev–Trinajstić information content (AvgIpc) is 2.16. The van der Waals surface area contributed by atoms with Gasteiger partial charge < -0.3 is 10.6 Å². The fraction of sp³-hybridized carbons (Fsp3) is 0.333. The molecule has 0 amide bonds. The highest BCUT2D eigenvalue weighted by Gasteiger charge is 2.03. The second kappa shape index (κ2) is 3.61. The van der Waals surface area contributed by atoms with E-state index in [9.17, 15) is 4.91 Å². The molecule has 1 heterocycles. The van der Waals surface area contributed by atoms with E-state index in [0.29, 0.717) is 11.8 Å². The molecule has 0 spiro atoms. The second-order valence-electron chi connectivity index (χ2n) is 2.02. The monoisotopic (exact) mass is 167 g/mol. The Kier molecular flexibility index (Phi) is 2.52. The fourth-order valence-corrected chi connectivity index (χ4v) is 0.747. The molecule has 1 rings (SSSR count). The Labute approximate surface area is 69.4 Å². The van der Waals surface area contributed by atoms with Crippen LogP contribution in [-0.4, -0.2) is 24.1 Å². The first-order valence-electron chi connectivity index (χ1n) is 3.37. The number of anilines is 2. The number of nitroso groups, excluding NO2 is 1. The van der Waals surface area contributed by atoms with Crippen molar-refractivity contribution in [1.29, 1.82) is 0 Å². The number of rotatable bonds is 3.